The first kappa shape index (κ1) is 19.3. The van der Waals surface area contributed by atoms with Gasteiger partial charge in [0.2, 0.25) is 15.9 Å². The lowest BCUT2D eigenvalue weighted by atomic mass is 10.2. The molecule has 1 heterocycles. The normalized spacial score (nSPS) is 18.2. The van der Waals surface area contributed by atoms with Crippen molar-refractivity contribution in [3.05, 3.63) is 34.4 Å². The maximum Gasteiger partial charge on any atom is 0.270 e. The molecule has 1 aliphatic rings. The average Bonchev–Trinajstić information content (AvgIpc) is 3.09. The van der Waals surface area contributed by atoms with Crippen molar-refractivity contribution in [2.24, 2.45) is 0 Å². The molecule has 1 atom stereocenters. The highest BCUT2D eigenvalue weighted by molar-refractivity contribution is 7.89. The molecule has 0 aromatic heterocycles. The van der Waals surface area contributed by atoms with Gasteiger partial charge in [-0.25, -0.2) is 8.42 Å². The Bertz CT molecular complexity index is 752. The zero-order valence-electron chi connectivity index (χ0n) is 14.2. The van der Waals surface area contributed by atoms with Gasteiger partial charge in [-0.05, 0) is 26.0 Å². The van der Waals surface area contributed by atoms with Crippen LogP contribution in [-0.2, 0) is 14.8 Å². The number of amides is 1. The third kappa shape index (κ3) is 4.14. The van der Waals surface area contributed by atoms with Gasteiger partial charge in [-0.3, -0.25) is 14.9 Å². The first-order valence-corrected chi connectivity index (χ1v) is 9.39. The van der Waals surface area contributed by atoms with Gasteiger partial charge < -0.3 is 10.2 Å². The molecular formula is C15H22N4O5S. The minimum Gasteiger partial charge on any atom is -0.343 e. The highest BCUT2D eigenvalue weighted by Gasteiger charge is 2.40. The molecule has 1 saturated heterocycles. The number of rotatable bonds is 7. The lowest BCUT2D eigenvalue weighted by molar-refractivity contribution is -0.385. The quantitative estimate of drug-likeness (QED) is 0.550. The Hall–Kier alpha value is -2.04. The summed E-state index contributed by atoms with van der Waals surface area (Å²) in [5.41, 5.74) is -0.297. The minimum absolute atomic E-state index is 0.167. The van der Waals surface area contributed by atoms with Crippen LogP contribution in [0.4, 0.5) is 5.69 Å². The molecule has 25 heavy (non-hydrogen) atoms. The van der Waals surface area contributed by atoms with Crippen molar-refractivity contribution in [1.29, 1.82) is 0 Å². The molecule has 0 radical (unpaired) electrons. The van der Waals surface area contributed by atoms with Crippen LogP contribution < -0.4 is 5.32 Å². The SMILES string of the molecule is CNCCN(C)C(=O)C1CCCN1S(=O)(=O)c1cccc([N+](=O)[O-])c1. The van der Waals surface area contributed by atoms with E-state index in [-0.39, 0.29) is 23.0 Å². The van der Waals surface area contributed by atoms with E-state index in [1.807, 2.05) is 0 Å². The van der Waals surface area contributed by atoms with Crippen molar-refractivity contribution in [1.82, 2.24) is 14.5 Å². The Morgan fingerprint density at radius 2 is 2.20 bits per heavy atom. The van der Waals surface area contributed by atoms with E-state index in [9.17, 15) is 23.3 Å². The van der Waals surface area contributed by atoms with Crippen LogP contribution in [0.1, 0.15) is 12.8 Å². The van der Waals surface area contributed by atoms with E-state index in [0.717, 1.165) is 10.4 Å². The minimum atomic E-state index is -3.98. The van der Waals surface area contributed by atoms with Crippen molar-refractivity contribution in [2.75, 3.05) is 33.7 Å². The number of nitro groups is 1. The van der Waals surface area contributed by atoms with Gasteiger partial charge in [0.15, 0.2) is 0 Å². The van der Waals surface area contributed by atoms with E-state index < -0.39 is 21.0 Å². The number of hydrogen-bond acceptors (Lipinski definition) is 6. The third-order valence-corrected chi connectivity index (χ3v) is 6.10. The molecule has 0 bridgehead atoms. The van der Waals surface area contributed by atoms with Gasteiger partial charge in [0, 0.05) is 38.8 Å². The summed E-state index contributed by atoms with van der Waals surface area (Å²) in [5, 5.41) is 13.8. The van der Waals surface area contributed by atoms with E-state index >= 15 is 0 Å². The number of carbonyl (C=O) groups is 1. The number of nitrogens with one attached hydrogen (secondary N) is 1. The molecule has 1 unspecified atom stereocenters. The van der Waals surface area contributed by atoms with Gasteiger partial charge in [0.25, 0.3) is 5.69 Å². The van der Waals surface area contributed by atoms with E-state index in [1.54, 1.807) is 14.1 Å². The Morgan fingerprint density at radius 3 is 2.84 bits per heavy atom. The lowest BCUT2D eigenvalue weighted by Gasteiger charge is -2.27. The zero-order valence-corrected chi connectivity index (χ0v) is 15.0. The Kier molecular flexibility index (Phi) is 6.09. The summed E-state index contributed by atoms with van der Waals surface area (Å²) in [7, 11) is -0.571. The smallest absolute Gasteiger partial charge is 0.270 e. The zero-order chi connectivity index (χ0) is 18.6. The molecular weight excluding hydrogens is 348 g/mol. The molecule has 0 spiro atoms. The molecule has 1 aromatic rings. The molecule has 1 fully saturated rings. The fraction of sp³-hybridized carbons (Fsp3) is 0.533. The summed E-state index contributed by atoms with van der Waals surface area (Å²) in [5.74, 6) is -0.262. The van der Waals surface area contributed by atoms with Crippen LogP contribution in [0.2, 0.25) is 0 Å². The first-order valence-electron chi connectivity index (χ1n) is 7.95. The van der Waals surface area contributed by atoms with Crippen LogP contribution in [0.15, 0.2) is 29.2 Å². The third-order valence-electron chi connectivity index (χ3n) is 4.20. The molecule has 1 aromatic carbocycles. The predicted octanol–water partition coefficient (Wildman–Crippen LogP) is 0.426. The number of nitrogens with zero attached hydrogens (tertiary/aromatic N) is 3. The highest BCUT2D eigenvalue weighted by Crippen LogP contribution is 2.28. The van der Waals surface area contributed by atoms with Crippen molar-refractivity contribution >= 4 is 21.6 Å². The van der Waals surface area contributed by atoms with E-state index in [4.69, 9.17) is 0 Å². The predicted molar refractivity (Wildman–Crippen MR) is 91.6 cm³/mol. The summed E-state index contributed by atoms with van der Waals surface area (Å²) in [6.45, 7) is 1.30. The van der Waals surface area contributed by atoms with Gasteiger partial charge in [-0.2, -0.15) is 4.31 Å². The molecule has 0 aliphatic carbocycles. The van der Waals surface area contributed by atoms with Crippen molar-refractivity contribution in [2.45, 2.75) is 23.8 Å². The van der Waals surface area contributed by atoms with Crippen molar-refractivity contribution in [3.8, 4) is 0 Å². The van der Waals surface area contributed by atoms with Gasteiger partial charge >= 0.3 is 0 Å². The Labute approximate surface area is 146 Å². The van der Waals surface area contributed by atoms with Gasteiger partial charge in [-0.15, -0.1) is 0 Å². The second kappa shape index (κ2) is 7.89. The van der Waals surface area contributed by atoms with E-state index in [0.29, 0.717) is 25.9 Å². The molecule has 2 rings (SSSR count). The van der Waals surface area contributed by atoms with E-state index in [1.165, 1.54) is 23.1 Å². The topological polar surface area (TPSA) is 113 Å². The Balaban J connectivity index is 2.27. The molecule has 138 valence electrons. The largest absolute Gasteiger partial charge is 0.343 e. The first-order chi connectivity index (χ1) is 11.8. The van der Waals surface area contributed by atoms with Crippen LogP contribution in [0, 0.1) is 10.1 Å². The molecule has 1 N–H and O–H groups in total. The van der Waals surface area contributed by atoms with Gasteiger partial charge in [0.1, 0.15) is 6.04 Å². The average molecular weight is 370 g/mol. The van der Waals surface area contributed by atoms with Crippen LogP contribution in [0.5, 0.6) is 0 Å². The fourth-order valence-corrected chi connectivity index (χ4v) is 4.50. The van der Waals surface area contributed by atoms with Gasteiger partial charge in [0.05, 0.1) is 9.82 Å². The highest BCUT2D eigenvalue weighted by atomic mass is 32.2. The van der Waals surface area contributed by atoms with Gasteiger partial charge in [-0.1, -0.05) is 6.07 Å². The monoisotopic (exact) mass is 370 g/mol. The summed E-state index contributed by atoms with van der Waals surface area (Å²) < 4.78 is 26.9. The number of benzene rings is 1. The number of sulfonamides is 1. The fourth-order valence-electron chi connectivity index (χ4n) is 2.81. The lowest BCUT2D eigenvalue weighted by Crippen LogP contribution is -2.47. The number of likely N-dealkylation sites (N-methyl/N-ethyl adjacent to an activating group) is 2. The summed E-state index contributed by atoms with van der Waals surface area (Å²) in [6, 6.07) is 4.13. The standard InChI is InChI=1S/C15H22N4O5S/c1-16-8-10-17(2)15(20)14-7-4-9-18(14)25(23,24)13-6-3-5-12(11-13)19(21)22/h3,5-6,11,14,16H,4,7-10H2,1-2H3. The molecule has 9 nitrogen and oxygen atoms in total. The number of hydrogen-bond donors (Lipinski definition) is 1. The second-order valence-electron chi connectivity index (χ2n) is 5.89. The molecule has 10 heteroatoms. The molecule has 1 aliphatic heterocycles. The molecule has 0 saturated carbocycles. The van der Waals surface area contributed by atoms with Crippen LogP contribution in [-0.4, -0.2) is 68.2 Å². The Morgan fingerprint density at radius 1 is 1.48 bits per heavy atom. The second-order valence-corrected chi connectivity index (χ2v) is 7.78. The maximum atomic E-state index is 12.9. The number of nitro benzene ring substituents is 1. The van der Waals surface area contributed by atoms with Crippen molar-refractivity contribution in [3.63, 3.8) is 0 Å². The summed E-state index contributed by atoms with van der Waals surface area (Å²) >= 11 is 0. The molecule has 1 amide bonds. The summed E-state index contributed by atoms with van der Waals surface area (Å²) in [6.07, 6.45) is 1.02. The van der Waals surface area contributed by atoms with E-state index in [2.05, 4.69) is 5.32 Å². The van der Waals surface area contributed by atoms with Crippen molar-refractivity contribution < 1.29 is 18.1 Å². The number of non-ortho nitro benzene ring substituents is 1. The summed E-state index contributed by atoms with van der Waals surface area (Å²) in [4.78, 5) is 24.2. The van der Waals surface area contributed by atoms with Crippen LogP contribution in [0.3, 0.4) is 0 Å². The number of carbonyl (C=O) groups excluding carboxylic acids is 1. The van der Waals surface area contributed by atoms with Crippen LogP contribution in [0.25, 0.3) is 0 Å². The van der Waals surface area contributed by atoms with Crippen LogP contribution >= 0.6 is 0 Å². The maximum absolute atomic E-state index is 12.9.